The zero-order chi connectivity index (χ0) is 25.9. The molecule has 0 radical (unpaired) electrons. The van der Waals surface area contributed by atoms with Gasteiger partial charge < -0.3 is 14.6 Å². The smallest absolute Gasteiger partial charge is 0.267 e. The summed E-state index contributed by atoms with van der Waals surface area (Å²) < 4.78 is 8.37. The summed E-state index contributed by atoms with van der Waals surface area (Å²) in [6.07, 6.45) is 2.97. The summed E-state index contributed by atoms with van der Waals surface area (Å²) in [6.45, 7) is 2.72. The van der Waals surface area contributed by atoms with E-state index < -0.39 is 0 Å². The Morgan fingerprint density at radius 1 is 1.11 bits per heavy atom. The number of ether oxygens (including phenoxy) is 1. The van der Waals surface area contributed by atoms with Gasteiger partial charge in [-0.15, -0.1) is 11.3 Å². The third-order valence-corrected chi connectivity index (χ3v) is 7.33. The lowest BCUT2D eigenvalue weighted by Crippen LogP contribution is -2.36. The predicted octanol–water partition coefficient (Wildman–Crippen LogP) is 3.72. The molecule has 37 heavy (non-hydrogen) atoms. The van der Waals surface area contributed by atoms with Crippen molar-refractivity contribution in [2.45, 2.75) is 26.3 Å². The Bertz CT molecular complexity index is 1700. The first kappa shape index (κ1) is 24.5. The number of rotatable bonds is 8. The highest BCUT2D eigenvalue weighted by molar-refractivity contribution is 7.09. The number of aryl methyl sites for hydroxylation is 3. The number of hydrogen-bond donors (Lipinski definition) is 2. The molecule has 2 N–H and O–H groups in total. The summed E-state index contributed by atoms with van der Waals surface area (Å²) in [5.74, 6) is 0.386. The van der Waals surface area contributed by atoms with E-state index in [2.05, 4.69) is 5.32 Å². The quantitative estimate of drug-likeness (QED) is 0.309. The molecule has 188 valence electrons. The number of amides is 1. The number of carbonyl (C=O) groups is 1. The molecule has 0 fully saturated rings. The molecule has 0 bridgehead atoms. The van der Waals surface area contributed by atoms with E-state index in [0.29, 0.717) is 42.6 Å². The maximum atomic E-state index is 13.5. The van der Waals surface area contributed by atoms with E-state index in [1.165, 1.54) is 10.5 Å². The van der Waals surface area contributed by atoms with Crippen molar-refractivity contribution in [3.8, 4) is 5.75 Å². The number of nitrogens with zero attached hydrogens (tertiary/aromatic N) is 3. The minimum Gasteiger partial charge on any atom is -0.497 e. The summed E-state index contributed by atoms with van der Waals surface area (Å²) in [7, 11) is 1.62. The number of pyridine rings is 2. The molecular formula is C28H27N5O3S. The van der Waals surface area contributed by atoms with E-state index in [1.807, 2.05) is 54.8 Å². The highest BCUT2D eigenvalue weighted by Crippen LogP contribution is 2.15. The van der Waals surface area contributed by atoms with Crippen LogP contribution in [-0.2, 0) is 19.4 Å². The maximum absolute atomic E-state index is 13.5. The molecule has 4 heterocycles. The van der Waals surface area contributed by atoms with Crippen LogP contribution in [0, 0.1) is 12.3 Å². The first-order valence-electron chi connectivity index (χ1n) is 12.0. The molecule has 0 aliphatic carbocycles. The van der Waals surface area contributed by atoms with Gasteiger partial charge in [-0.3, -0.25) is 19.4 Å². The number of aromatic nitrogens is 3. The fourth-order valence-corrected chi connectivity index (χ4v) is 5.07. The van der Waals surface area contributed by atoms with Crippen molar-refractivity contribution in [2.24, 2.45) is 0 Å². The highest BCUT2D eigenvalue weighted by Gasteiger charge is 2.18. The molecule has 0 atom stereocenters. The van der Waals surface area contributed by atoms with Crippen LogP contribution < -0.4 is 21.1 Å². The first-order valence-corrected chi connectivity index (χ1v) is 12.9. The van der Waals surface area contributed by atoms with Gasteiger partial charge >= 0.3 is 0 Å². The van der Waals surface area contributed by atoms with Gasteiger partial charge in [0.15, 0.2) is 0 Å². The van der Waals surface area contributed by atoms with E-state index in [9.17, 15) is 9.59 Å². The molecule has 1 aromatic carbocycles. The predicted molar refractivity (Wildman–Crippen MR) is 145 cm³/mol. The van der Waals surface area contributed by atoms with Crippen molar-refractivity contribution in [1.82, 2.24) is 19.3 Å². The van der Waals surface area contributed by atoms with Crippen molar-refractivity contribution in [3.05, 3.63) is 104 Å². The Labute approximate surface area is 217 Å². The average Bonchev–Trinajstić information content (AvgIpc) is 3.43. The van der Waals surface area contributed by atoms with Crippen LogP contribution >= 0.6 is 11.3 Å². The zero-order valence-corrected chi connectivity index (χ0v) is 21.5. The third kappa shape index (κ3) is 4.90. The second-order valence-corrected chi connectivity index (χ2v) is 9.81. The van der Waals surface area contributed by atoms with Gasteiger partial charge in [0.1, 0.15) is 22.5 Å². The zero-order valence-electron chi connectivity index (χ0n) is 20.7. The second kappa shape index (κ2) is 10.4. The molecule has 9 heteroatoms. The summed E-state index contributed by atoms with van der Waals surface area (Å²) in [4.78, 5) is 32.6. The van der Waals surface area contributed by atoms with Crippen LogP contribution in [0.4, 0.5) is 0 Å². The van der Waals surface area contributed by atoms with Crippen molar-refractivity contribution in [3.63, 3.8) is 0 Å². The van der Waals surface area contributed by atoms with Crippen molar-refractivity contribution in [2.75, 3.05) is 13.7 Å². The molecule has 0 spiro atoms. The Hall–Kier alpha value is -4.24. The molecule has 5 rings (SSSR count). The number of methoxy groups -OCH3 is 1. The largest absolute Gasteiger partial charge is 0.497 e. The van der Waals surface area contributed by atoms with Crippen molar-refractivity contribution < 1.29 is 9.53 Å². The van der Waals surface area contributed by atoms with E-state index in [1.54, 1.807) is 35.3 Å². The molecule has 5 aromatic rings. The Balaban J connectivity index is 1.52. The number of thiophene rings is 1. The van der Waals surface area contributed by atoms with Gasteiger partial charge in [-0.2, -0.15) is 0 Å². The van der Waals surface area contributed by atoms with Crippen LogP contribution in [0.5, 0.6) is 5.75 Å². The average molecular weight is 514 g/mol. The lowest BCUT2D eigenvalue weighted by atomic mass is 10.1. The SMILES string of the molecule is COc1ccc(CCNC(=O)c2cc3c(=O)n4cccc(C)c4nc3n(CCc3cccs3)c2=N)cc1. The number of fused-ring (bicyclic) bond motifs is 2. The van der Waals surface area contributed by atoms with E-state index in [-0.39, 0.29) is 22.5 Å². The second-order valence-electron chi connectivity index (χ2n) is 8.78. The maximum Gasteiger partial charge on any atom is 0.267 e. The van der Waals surface area contributed by atoms with Gasteiger partial charge in [-0.1, -0.05) is 24.3 Å². The van der Waals surface area contributed by atoms with E-state index in [4.69, 9.17) is 15.1 Å². The molecule has 4 aromatic heterocycles. The highest BCUT2D eigenvalue weighted by atomic mass is 32.1. The molecule has 0 saturated carbocycles. The number of nitrogens with one attached hydrogen (secondary N) is 2. The number of hydrogen-bond acceptors (Lipinski definition) is 6. The molecule has 8 nitrogen and oxygen atoms in total. The van der Waals surface area contributed by atoms with Crippen LogP contribution in [0.25, 0.3) is 16.7 Å². The Morgan fingerprint density at radius 2 is 1.92 bits per heavy atom. The van der Waals surface area contributed by atoms with Gasteiger partial charge in [0.05, 0.1) is 18.1 Å². The van der Waals surface area contributed by atoms with Crippen LogP contribution in [0.1, 0.15) is 26.4 Å². The van der Waals surface area contributed by atoms with Gasteiger partial charge in [0.2, 0.25) is 0 Å². The standard InChI is InChI=1S/C28H27N5O3S/c1-18-5-3-14-33-25(18)31-26-23(28(33)35)17-22(24(29)32(26)15-12-21-6-4-16-37-21)27(34)30-13-11-19-7-9-20(36-2)10-8-19/h3-10,14,16-17,29H,11-13,15H2,1-2H3,(H,30,34). The first-order chi connectivity index (χ1) is 18.0. The number of benzene rings is 1. The molecular weight excluding hydrogens is 486 g/mol. The summed E-state index contributed by atoms with van der Waals surface area (Å²) in [6, 6.07) is 16.9. The fourth-order valence-electron chi connectivity index (χ4n) is 4.37. The van der Waals surface area contributed by atoms with Crippen LogP contribution in [-0.4, -0.2) is 33.5 Å². The fraction of sp³-hybridized carbons (Fsp3) is 0.214. The molecule has 0 aliphatic heterocycles. The lowest BCUT2D eigenvalue weighted by Gasteiger charge is -2.15. The minimum absolute atomic E-state index is 0.0378. The van der Waals surface area contributed by atoms with Crippen LogP contribution in [0.2, 0.25) is 0 Å². The van der Waals surface area contributed by atoms with Crippen molar-refractivity contribution in [1.29, 1.82) is 5.41 Å². The number of carbonyl (C=O) groups excluding carboxylic acids is 1. The molecule has 0 aliphatic rings. The van der Waals surface area contributed by atoms with Gasteiger partial charge in [-0.05, 0) is 66.6 Å². The summed E-state index contributed by atoms with van der Waals surface area (Å²) >= 11 is 1.64. The van der Waals surface area contributed by atoms with E-state index in [0.717, 1.165) is 21.8 Å². The lowest BCUT2D eigenvalue weighted by molar-refractivity contribution is 0.0951. The minimum atomic E-state index is -0.390. The Kier molecular flexibility index (Phi) is 6.87. The van der Waals surface area contributed by atoms with Crippen LogP contribution in [0.15, 0.2) is 71.0 Å². The Morgan fingerprint density at radius 3 is 2.65 bits per heavy atom. The summed E-state index contributed by atoms with van der Waals surface area (Å²) in [5.41, 5.74) is 2.80. The molecule has 0 unspecified atom stereocenters. The normalized spacial score (nSPS) is 11.2. The topological polar surface area (TPSA) is 101 Å². The third-order valence-electron chi connectivity index (χ3n) is 6.40. The van der Waals surface area contributed by atoms with Gasteiger partial charge in [0, 0.05) is 24.2 Å². The molecule has 0 saturated heterocycles. The van der Waals surface area contributed by atoms with Gasteiger partial charge in [0.25, 0.3) is 11.5 Å². The summed E-state index contributed by atoms with van der Waals surface area (Å²) in [5, 5.41) is 14.1. The van der Waals surface area contributed by atoms with Crippen molar-refractivity contribution >= 4 is 33.9 Å². The van der Waals surface area contributed by atoms with Gasteiger partial charge in [-0.25, -0.2) is 4.98 Å². The van der Waals surface area contributed by atoms with Crippen LogP contribution in [0.3, 0.4) is 0 Å². The monoisotopic (exact) mass is 513 g/mol. The van der Waals surface area contributed by atoms with E-state index >= 15 is 0 Å². The molecule has 1 amide bonds.